The Bertz CT molecular complexity index is 1440. The summed E-state index contributed by atoms with van der Waals surface area (Å²) in [5.74, 6) is -1.59. The van der Waals surface area contributed by atoms with Gasteiger partial charge < -0.3 is 26.0 Å². The molecule has 4 N–H and O–H groups in total. The van der Waals surface area contributed by atoms with Gasteiger partial charge in [-0.05, 0) is 83.4 Å². The first-order chi connectivity index (χ1) is 19.5. The van der Waals surface area contributed by atoms with Gasteiger partial charge >= 0.3 is 6.09 Å². The Kier molecular flexibility index (Phi) is 9.99. The first kappa shape index (κ1) is 32.1. The highest BCUT2D eigenvalue weighted by atomic mass is 16.6. The van der Waals surface area contributed by atoms with Gasteiger partial charge in [-0.3, -0.25) is 14.4 Å². The molecule has 3 rings (SSSR count). The highest BCUT2D eigenvalue weighted by Crippen LogP contribution is 2.32. The molecular weight excluding hydrogens is 532 g/mol. The van der Waals surface area contributed by atoms with Gasteiger partial charge in [0.15, 0.2) is 0 Å². The fourth-order valence-electron chi connectivity index (χ4n) is 4.65. The number of fused-ring (bicyclic) bond motifs is 1. The van der Waals surface area contributed by atoms with Crippen LogP contribution in [0.15, 0.2) is 66.7 Å². The van der Waals surface area contributed by atoms with Crippen molar-refractivity contribution in [3.63, 3.8) is 0 Å². The largest absolute Gasteiger partial charge is 0.444 e. The van der Waals surface area contributed by atoms with E-state index in [1.807, 2.05) is 94.4 Å². The molecule has 0 saturated carbocycles. The van der Waals surface area contributed by atoms with E-state index in [4.69, 9.17) is 10.5 Å². The Morgan fingerprint density at radius 3 is 2.07 bits per heavy atom. The number of nitrogens with two attached hydrogens (primary N) is 1. The van der Waals surface area contributed by atoms with Gasteiger partial charge in [-0.15, -0.1) is 0 Å². The highest BCUT2D eigenvalue weighted by molar-refractivity contribution is 6.00. The Labute approximate surface area is 247 Å². The van der Waals surface area contributed by atoms with Crippen LogP contribution in [0.4, 0.5) is 10.5 Å². The Morgan fingerprint density at radius 2 is 1.50 bits per heavy atom. The number of rotatable bonds is 9. The van der Waals surface area contributed by atoms with Crippen LogP contribution < -0.4 is 16.4 Å². The van der Waals surface area contributed by atoms with Crippen LogP contribution in [0.1, 0.15) is 71.6 Å². The molecule has 0 heterocycles. The number of alkyl carbamates (subject to hydrolysis) is 1. The van der Waals surface area contributed by atoms with E-state index >= 15 is 0 Å². The molecule has 0 bridgehead atoms. The van der Waals surface area contributed by atoms with E-state index < -0.39 is 47.0 Å². The van der Waals surface area contributed by atoms with Gasteiger partial charge in [0, 0.05) is 17.6 Å². The number of anilines is 1. The van der Waals surface area contributed by atoms with E-state index in [1.54, 1.807) is 20.8 Å². The lowest BCUT2D eigenvalue weighted by Crippen LogP contribution is -2.58. The lowest BCUT2D eigenvalue weighted by molar-refractivity contribution is -0.147. The Morgan fingerprint density at radius 1 is 0.881 bits per heavy atom. The summed E-state index contributed by atoms with van der Waals surface area (Å²) < 4.78 is 5.39. The summed E-state index contributed by atoms with van der Waals surface area (Å²) in [5, 5.41) is 7.60. The summed E-state index contributed by atoms with van der Waals surface area (Å²) in [6.45, 7) is 12.5. The minimum atomic E-state index is -1.17. The fraction of sp³-hybridized carbons (Fsp3) is 0.394. The predicted octanol–water partition coefficient (Wildman–Crippen LogP) is 5.61. The van der Waals surface area contributed by atoms with Crippen molar-refractivity contribution in [1.82, 2.24) is 10.2 Å². The molecule has 2 unspecified atom stereocenters. The molecule has 0 aliphatic carbocycles. The Hall–Kier alpha value is -4.40. The maximum Gasteiger partial charge on any atom is 0.408 e. The average molecular weight is 575 g/mol. The van der Waals surface area contributed by atoms with Crippen LogP contribution in [0.3, 0.4) is 0 Å². The summed E-state index contributed by atoms with van der Waals surface area (Å²) in [4.78, 5) is 54.4. The Balaban J connectivity index is 2.06. The van der Waals surface area contributed by atoms with Crippen molar-refractivity contribution in [2.45, 2.75) is 84.5 Å². The minimum Gasteiger partial charge on any atom is -0.444 e. The van der Waals surface area contributed by atoms with Crippen LogP contribution in [-0.2, 0) is 19.1 Å². The van der Waals surface area contributed by atoms with Crippen LogP contribution in [0.25, 0.3) is 10.8 Å². The number of primary amides is 1. The molecule has 224 valence electrons. The lowest BCUT2D eigenvalue weighted by Gasteiger charge is -2.43. The normalized spacial score (nSPS) is 13.1. The number of hydrogen-bond donors (Lipinski definition) is 3. The van der Waals surface area contributed by atoms with Crippen molar-refractivity contribution in [2.75, 3.05) is 5.32 Å². The van der Waals surface area contributed by atoms with Crippen molar-refractivity contribution in [2.24, 2.45) is 5.73 Å². The molecule has 9 nitrogen and oxygen atoms in total. The summed E-state index contributed by atoms with van der Waals surface area (Å²) in [6.07, 6.45) is -1.03. The van der Waals surface area contributed by atoms with Crippen molar-refractivity contribution in [1.29, 1.82) is 0 Å². The van der Waals surface area contributed by atoms with Crippen molar-refractivity contribution in [3.05, 3.63) is 77.9 Å². The van der Waals surface area contributed by atoms with Crippen LogP contribution in [0.2, 0.25) is 0 Å². The molecule has 0 aromatic heterocycles. The van der Waals surface area contributed by atoms with Gasteiger partial charge in [0.2, 0.25) is 11.8 Å². The van der Waals surface area contributed by atoms with Crippen LogP contribution >= 0.6 is 0 Å². The molecule has 0 spiro atoms. The topological polar surface area (TPSA) is 131 Å². The molecule has 0 aliphatic heterocycles. The van der Waals surface area contributed by atoms with Gasteiger partial charge in [-0.2, -0.15) is 0 Å². The molecule has 2 atom stereocenters. The first-order valence-corrected chi connectivity index (χ1v) is 14.0. The molecule has 4 amide bonds. The van der Waals surface area contributed by atoms with E-state index in [2.05, 4.69) is 10.6 Å². The number of amides is 4. The number of hydrogen-bond acceptors (Lipinski definition) is 5. The summed E-state index contributed by atoms with van der Waals surface area (Å²) in [6, 6.07) is 18.6. The minimum absolute atomic E-state index is 0.0626. The molecule has 42 heavy (non-hydrogen) atoms. The van der Waals surface area contributed by atoms with E-state index in [1.165, 1.54) is 4.90 Å². The monoisotopic (exact) mass is 574 g/mol. The van der Waals surface area contributed by atoms with Gasteiger partial charge in [0.1, 0.15) is 17.7 Å². The lowest BCUT2D eigenvalue weighted by atomic mass is 9.94. The molecule has 0 fully saturated rings. The number of carbonyl (C=O) groups excluding carboxylic acids is 4. The van der Waals surface area contributed by atoms with Crippen LogP contribution in [0.5, 0.6) is 0 Å². The van der Waals surface area contributed by atoms with Crippen molar-refractivity contribution >= 4 is 40.3 Å². The number of nitrogens with one attached hydrogen (secondary N) is 2. The number of benzene rings is 3. The van der Waals surface area contributed by atoms with E-state index in [0.717, 1.165) is 16.3 Å². The summed E-state index contributed by atoms with van der Waals surface area (Å²) in [5.41, 5.74) is 5.87. The number of carbonyl (C=O) groups is 4. The maximum atomic E-state index is 14.3. The fourth-order valence-corrected chi connectivity index (χ4v) is 4.65. The van der Waals surface area contributed by atoms with Gasteiger partial charge in [0.05, 0.1) is 0 Å². The van der Waals surface area contributed by atoms with Gasteiger partial charge in [-0.25, -0.2) is 4.79 Å². The van der Waals surface area contributed by atoms with Crippen LogP contribution in [-0.4, -0.2) is 45.9 Å². The van der Waals surface area contributed by atoms with Crippen molar-refractivity contribution in [3.8, 4) is 0 Å². The molecule has 3 aromatic carbocycles. The molecule has 3 aromatic rings. The molecule has 0 aliphatic rings. The number of ether oxygens (including phenoxy) is 1. The molecule has 0 saturated heterocycles. The molecular formula is C33H42N4O5. The smallest absolute Gasteiger partial charge is 0.408 e. The zero-order valence-corrected chi connectivity index (χ0v) is 25.5. The second-order valence-corrected chi connectivity index (χ2v) is 12.4. The maximum absolute atomic E-state index is 14.3. The van der Waals surface area contributed by atoms with Gasteiger partial charge in [0.25, 0.3) is 5.91 Å². The summed E-state index contributed by atoms with van der Waals surface area (Å²) in [7, 11) is 0. The summed E-state index contributed by atoms with van der Waals surface area (Å²) >= 11 is 0. The molecule has 0 radical (unpaired) electrons. The zero-order valence-electron chi connectivity index (χ0n) is 25.5. The second-order valence-electron chi connectivity index (χ2n) is 12.4. The second kappa shape index (κ2) is 13.1. The quantitative estimate of drug-likeness (QED) is 0.306. The van der Waals surface area contributed by atoms with Gasteiger partial charge in [-0.1, -0.05) is 60.2 Å². The standard InChI is InChI=1S/C33H42N4O5/c1-21-12-14-23(15-13-21)28(29(39)35-25-17-16-22-10-8-9-11-24(22)20-25)37(32(2,3)4)30(40)26(18-19-27(34)38)36-31(41)42-33(5,6)7/h8-17,20,26,28H,18-19H2,1-7H3,(H2,34,38)(H,35,39)(H,36,41). The SMILES string of the molecule is Cc1ccc(C(C(=O)Nc2ccc3ccccc3c2)N(C(=O)C(CCC(N)=O)NC(=O)OC(C)(C)C)C(C)(C)C)cc1. The first-order valence-electron chi connectivity index (χ1n) is 14.0. The highest BCUT2D eigenvalue weighted by Gasteiger charge is 2.42. The van der Waals surface area contributed by atoms with E-state index in [-0.39, 0.29) is 12.8 Å². The van der Waals surface area contributed by atoms with E-state index in [0.29, 0.717) is 11.3 Å². The third-order valence-electron chi connectivity index (χ3n) is 6.55. The third-order valence-corrected chi connectivity index (χ3v) is 6.55. The third kappa shape index (κ3) is 8.80. The molecule has 9 heteroatoms. The van der Waals surface area contributed by atoms with E-state index in [9.17, 15) is 19.2 Å². The number of aryl methyl sites for hydroxylation is 1. The zero-order chi connectivity index (χ0) is 31.2. The predicted molar refractivity (Wildman–Crippen MR) is 165 cm³/mol. The van der Waals surface area contributed by atoms with Crippen molar-refractivity contribution < 1.29 is 23.9 Å². The average Bonchev–Trinajstić information content (AvgIpc) is 2.88. The number of nitrogens with zero attached hydrogens (tertiary/aromatic N) is 1. The van der Waals surface area contributed by atoms with Crippen LogP contribution in [0, 0.1) is 6.92 Å².